The molecule has 0 saturated heterocycles. The Kier molecular flexibility index (Phi) is 3.94. The summed E-state index contributed by atoms with van der Waals surface area (Å²) in [5.41, 5.74) is 0.987. The zero-order valence-electron chi connectivity index (χ0n) is 12.6. The first-order valence-electron chi connectivity index (χ1n) is 6.91. The van der Waals surface area contributed by atoms with E-state index in [1.165, 1.54) is 26.4 Å². The number of hydrogen-bond acceptors (Lipinski definition) is 4. The van der Waals surface area contributed by atoms with Gasteiger partial charge in [-0.15, -0.1) is 0 Å². The molecule has 6 heteroatoms. The van der Waals surface area contributed by atoms with Gasteiger partial charge in [0.25, 0.3) is 11.8 Å². The van der Waals surface area contributed by atoms with Crippen molar-refractivity contribution >= 4 is 17.5 Å². The molecule has 0 fully saturated rings. The molecule has 1 aliphatic heterocycles. The van der Waals surface area contributed by atoms with E-state index in [4.69, 9.17) is 9.47 Å². The lowest BCUT2D eigenvalue weighted by atomic mass is 10.1. The molecule has 0 bridgehead atoms. The molecule has 3 rings (SSSR count). The Morgan fingerprint density at radius 3 is 2.00 bits per heavy atom. The minimum atomic E-state index is -0.855. The van der Waals surface area contributed by atoms with Gasteiger partial charge in [0.05, 0.1) is 16.8 Å². The lowest BCUT2D eigenvalue weighted by Crippen LogP contribution is -2.29. The number of ether oxygens (including phenoxy) is 2. The highest BCUT2D eigenvalue weighted by molar-refractivity contribution is 6.34. The van der Waals surface area contributed by atoms with Crippen molar-refractivity contribution in [2.75, 3.05) is 19.1 Å². The smallest absolute Gasteiger partial charge is 0.266 e. The van der Waals surface area contributed by atoms with Gasteiger partial charge >= 0.3 is 0 Å². The minimum absolute atomic E-state index is 0.170. The maximum atomic E-state index is 14.3. The zero-order chi connectivity index (χ0) is 16.6. The standard InChI is InChI=1S/C17H14FNO4/c1-22-17(23-2)13-8-7-10(9-14(13)18)19-15(20)11-5-3-4-6-12(11)16(19)21/h3-9,17H,1-2H3. The second-order valence-corrected chi connectivity index (χ2v) is 5.00. The molecule has 2 aromatic rings. The largest absolute Gasteiger partial charge is 0.352 e. The lowest BCUT2D eigenvalue weighted by molar-refractivity contribution is -0.107. The van der Waals surface area contributed by atoms with Gasteiger partial charge in [-0.1, -0.05) is 12.1 Å². The second-order valence-electron chi connectivity index (χ2n) is 5.00. The van der Waals surface area contributed by atoms with Gasteiger partial charge in [-0.3, -0.25) is 9.59 Å². The molecule has 0 aliphatic carbocycles. The van der Waals surface area contributed by atoms with Gasteiger partial charge in [0.2, 0.25) is 0 Å². The molecular weight excluding hydrogens is 301 g/mol. The number of fused-ring (bicyclic) bond motifs is 1. The Morgan fingerprint density at radius 2 is 1.52 bits per heavy atom. The van der Waals surface area contributed by atoms with Gasteiger partial charge < -0.3 is 9.47 Å². The van der Waals surface area contributed by atoms with Gasteiger partial charge in [0.1, 0.15) is 5.82 Å². The Bertz CT molecular complexity index is 751. The van der Waals surface area contributed by atoms with Crippen LogP contribution in [0.1, 0.15) is 32.6 Å². The lowest BCUT2D eigenvalue weighted by Gasteiger charge is -2.18. The van der Waals surface area contributed by atoms with E-state index in [0.717, 1.165) is 11.0 Å². The van der Waals surface area contributed by atoms with Crippen LogP contribution < -0.4 is 4.90 Å². The Labute approximate surface area is 132 Å². The van der Waals surface area contributed by atoms with Crippen molar-refractivity contribution in [3.8, 4) is 0 Å². The quantitative estimate of drug-likeness (QED) is 0.643. The minimum Gasteiger partial charge on any atom is -0.352 e. The van der Waals surface area contributed by atoms with E-state index < -0.39 is 23.9 Å². The van der Waals surface area contributed by atoms with Crippen LogP contribution in [0.25, 0.3) is 0 Å². The summed E-state index contributed by atoms with van der Waals surface area (Å²) in [6.07, 6.45) is -0.855. The van der Waals surface area contributed by atoms with Crippen LogP contribution in [0.5, 0.6) is 0 Å². The highest BCUT2D eigenvalue weighted by Gasteiger charge is 2.36. The molecule has 1 heterocycles. The van der Waals surface area contributed by atoms with Crippen molar-refractivity contribution in [1.82, 2.24) is 0 Å². The van der Waals surface area contributed by atoms with Gasteiger partial charge in [-0.2, -0.15) is 0 Å². The number of rotatable bonds is 4. The van der Waals surface area contributed by atoms with Crippen molar-refractivity contribution in [3.63, 3.8) is 0 Å². The number of carbonyl (C=O) groups excluding carboxylic acids is 2. The predicted molar refractivity (Wildman–Crippen MR) is 80.7 cm³/mol. The van der Waals surface area contributed by atoms with E-state index in [-0.39, 0.29) is 11.3 Å². The highest BCUT2D eigenvalue weighted by atomic mass is 19.1. The van der Waals surface area contributed by atoms with Crippen molar-refractivity contribution in [1.29, 1.82) is 0 Å². The van der Waals surface area contributed by atoms with E-state index in [1.807, 2.05) is 0 Å². The normalized spacial score (nSPS) is 13.8. The first-order chi connectivity index (χ1) is 11.1. The van der Waals surface area contributed by atoms with Crippen LogP contribution in [0, 0.1) is 5.82 Å². The molecule has 0 atom stereocenters. The van der Waals surface area contributed by atoms with Gasteiger partial charge in [0, 0.05) is 19.8 Å². The molecule has 2 amide bonds. The number of hydrogen-bond donors (Lipinski definition) is 0. The SMILES string of the molecule is COC(OC)c1ccc(N2C(=O)c3ccccc3C2=O)cc1F. The second kappa shape index (κ2) is 5.91. The summed E-state index contributed by atoms with van der Waals surface area (Å²) in [4.78, 5) is 25.7. The van der Waals surface area contributed by atoms with E-state index in [0.29, 0.717) is 11.1 Å². The van der Waals surface area contributed by atoms with Gasteiger partial charge in [-0.05, 0) is 30.3 Å². The predicted octanol–water partition coefficient (Wildman–Crippen LogP) is 2.92. The summed E-state index contributed by atoms with van der Waals surface area (Å²) in [6, 6.07) is 10.6. The summed E-state index contributed by atoms with van der Waals surface area (Å²) in [7, 11) is 2.79. The third-order valence-electron chi connectivity index (χ3n) is 3.72. The number of methoxy groups -OCH3 is 2. The molecule has 0 spiro atoms. The maximum absolute atomic E-state index is 14.3. The monoisotopic (exact) mass is 315 g/mol. The summed E-state index contributed by atoms with van der Waals surface area (Å²) >= 11 is 0. The van der Waals surface area contributed by atoms with Crippen LogP contribution in [-0.2, 0) is 9.47 Å². The molecular formula is C17H14FNO4. The van der Waals surface area contributed by atoms with Crippen LogP contribution >= 0.6 is 0 Å². The number of benzene rings is 2. The fourth-order valence-electron chi connectivity index (χ4n) is 2.62. The third-order valence-corrected chi connectivity index (χ3v) is 3.72. The summed E-state index contributed by atoms with van der Waals surface area (Å²) in [6.45, 7) is 0. The van der Waals surface area contributed by atoms with E-state index in [1.54, 1.807) is 24.3 Å². The van der Waals surface area contributed by atoms with E-state index in [2.05, 4.69) is 0 Å². The average molecular weight is 315 g/mol. The summed E-state index contributed by atoms with van der Waals surface area (Å²) in [5, 5.41) is 0. The van der Waals surface area contributed by atoms with Crippen LogP contribution in [-0.4, -0.2) is 26.0 Å². The van der Waals surface area contributed by atoms with Crippen molar-refractivity contribution < 1.29 is 23.5 Å². The Hall–Kier alpha value is -2.57. The van der Waals surface area contributed by atoms with Crippen LogP contribution in [0.4, 0.5) is 10.1 Å². The number of imide groups is 1. The van der Waals surface area contributed by atoms with Crippen LogP contribution in [0.3, 0.4) is 0 Å². The van der Waals surface area contributed by atoms with Gasteiger partial charge in [0.15, 0.2) is 6.29 Å². The number of nitrogens with zero attached hydrogens (tertiary/aromatic N) is 1. The molecule has 0 unspecified atom stereocenters. The number of amides is 2. The number of carbonyl (C=O) groups is 2. The van der Waals surface area contributed by atoms with E-state index in [9.17, 15) is 14.0 Å². The van der Waals surface area contributed by atoms with Crippen molar-refractivity contribution in [2.24, 2.45) is 0 Å². The average Bonchev–Trinajstić information content (AvgIpc) is 2.82. The van der Waals surface area contributed by atoms with E-state index >= 15 is 0 Å². The Balaban J connectivity index is 2.00. The van der Waals surface area contributed by atoms with Gasteiger partial charge in [-0.25, -0.2) is 9.29 Å². The molecule has 0 saturated carbocycles. The third kappa shape index (κ3) is 2.42. The fourth-order valence-corrected chi connectivity index (χ4v) is 2.62. The molecule has 23 heavy (non-hydrogen) atoms. The first-order valence-corrected chi connectivity index (χ1v) is 6.91. The molecule has 1 aliphatic rings. The topological polar surface area (TPSA) is 55.8 Å². The molecule has 0 aromatic heterocycles. The highest BCUT2D eigenvalue weighted by Crippen LogP contribution is 2.31. The summed E-state index contributed by atoms with van der Waals surface area (Å²) in [5.74, 6) is -1.55. The maximum Gasteiger partial charge on any atom is 0.266 e. The molecule has 0 radical (unpaired) electrons. The number of halogens is 1. The summed E-state index contributed by atoms with van der Waals surface area (Å²) < 4.78 is 24.3. The first kappa shape index (κ1) is 15.3. The molecule has 0 N–H and O–H groups in total. The van der Waals surface area contributed by atoms with Crippen molar-refractivity contribution in [2.45, 2.75) is 6.29 Å². The van der Waals surface area contributed by atoms with Crippen molar-refractivity contribution in [3.05, 3.63) is 65.0 Å². The van der Waals surface area contributed by atoms with Crippen LogP contribution in [0.15, 0.2) is 42.5 Å². The zero-order valence-corrected chi connectivity index (χ0v) is 12.6. The fraction of sp³-hybridized carbons (Fsp3) is 0.176. The molecule has 5 nitrogen and oxygen atoms in total. The van der Waals surface area contributed by atoms with Crippen LogP contribution in [0.2, 0.25) is 0 Å². The molecule has 118 valence electrons. The molecule has 2 aromatic carbocycles. The Morgan fingerprint density at radius 1 is 0.957 bits per heavy atom. The number of anilines is 1.